The number of nitrogens with two attached hydrogens (primary N) is 1. The fraction of sp³-hybridized carbons (Fsp3) is 0.545. The normalized spacial score (nSPS) is 26.5. The Bertz CT molecular complexity index is 315. The SMILES string of the molecule is NC1CCCCC1Sc1ccc(Cl)cn1. The highest BCUT2D eigenvalue weighted by Gasteiger charge is 2.22. The third-order valence-electron chi connectivity index (χ3n) is 2.73. The van der Waals surface area contributed by atoms with E-state index in [0.717, 1.165) is 11.4 Å². The van der Waals surface area contributed by atoms with Crippen LogP contribution in [0.1, 0.15) is 25.7 Å². The van der Waals surface area contributed by atoms with Crippen LogP contribution in [0.15, 0.2) is 23.4 Å². The molecule has 2 N–H and O–H groups in total. The Labute approximate surface area is 99.6 Å². The van der Waals surface area contributed by atoms with Crippen molar-refractivity contribution in [1.29, 1.82) is 0 Å². The predicted octanol–water partition coefficient (Wildman–Crippen LogP) is 3.10. The number of rotatable bonds is 2. The molecule has 2 atom stereocenters. The first-order chi connectivity index (χ1) is 7.25. The maximum absolute atomic E-state index is 6.08. The molecule has 0 saturated heterocycles. The lowest BCUT2D eigenvalue weighted by molar-refractivity contribution is 0.453. The molecule has 1 aromatic rings. The van der Waals surface area contributed by atoms with E-state index in [2.05, 4.69) is 4.98 Å². The summed E-state index contributed by atoms with van der Waals surface area (Å²) in [4.78, 5) is 4.28. The third-order valence-corrected chi connectivity index (χ3v) is 4.32. The highest BCUT2D eigenvalue weighted by Crippen LogP contribution is 2.32. The molecule has 0 bridgehead atoms. The molecule has 0 amide bonds. The van der Waals surface area contributed by atoms with Gasteiger partial charge in [0, 0.05) is 17.5 Å². The van der Waals surface area contributed by atoms with Crippen LogP contribution >= 0.6 is 23.4 Å². The maximum atomic E-state index is 6.08. The van der Waals surface area contributed by atoms with Crippen molar-refractivity contribution >= 4 is 23.4 Å². The predicted molar refractivity (Wildman–Crippen MR) is 65.3 cm³/mol. The zero-order chi connectivity index (χ0) is 10.7. The second-order valence-corrected chi connectivity index (χ2v) is 5.62. The Balaban J connectivity index is 1.98. The van der Waals surface area contributed by atoms with E-state index in [1.165, 1.54) is 19.3 Å². The molecule has 82 valence electrons. The second kappa shape index (κ2) is 5.19. The highest BCUT2D eigenvalue weighted by molar-refractivity contribution is 7.99. The zero-order valence-electron chi connectivity index (χ0n) is 8.53. The van der Waals surface area contributed by atoms with Gasteiger partial charge in [-0.25, -0.2) is 4.98 Å². The van der Waals surface area contributed by atoms with Crippen molar-refractivity contribution in [1.82, 2.24) is 4.98 Å². The number of thioether (sulfide) groups is 1. The van der Waals surface area contributed by atoms with Gasteiger partial charge in [0.15, 0.2) is 0 Å². The Hall–Kier alpha value is -0.250. The monoisotopic (exact) mass is 242 g/mol. The first-order valence-corrected chi connectivity index (χ1v) is 6.55. The smallest absolute Gasteiger partial charge is 0.0964 e. The number of nitrogens with zero attached hydrogens (tertiary/aromatic N) is 1. The zero-order valence-corrected chi connectivity index (χ0v) is 10.1. The molecule has 2 unspecified atom stereocenters. The van der Waals surface area contributed by atoms with E-state index in [9.17, 15) is 0 Å². The molecule has 1 aromatic heterocycles. The van der Waals surface area contributed by atoms with Gasteiger partial charge in [-0.15, -0.1) is 11.8 Å². The van der Waals surface area contributed by atoms with Crippen molar-refractivity contribution in [2.24, 2.45) is 5.73 Å². The number of halogens is 1. The Morgan fingerprint density at radius 1 is 1.33 bits per heavy atom. The number of aromatic nitrogens is 1. The molecule has 2 nitrogen and oxygen atoms in total. The largest absolute Gasteiger partial charge is 0.327 e. The van der Waals surface area contributed by atoms with Crippen molar-refractivity contribution in [3.63, 3.8) is 0 Å². The molecule has 0 aromatic carbocycles. The molecule has 1 aliphatic carbocycles. The quantitative estimate of drug-likeness (QED) is 0.866. The fourth-order valence-corrected chi connectivity index (χ4v) is 3.14. The van der Waals surface area contributed by atoms with Crippen LogP contribution in [0.3, 0.4) is 0 Å². The number of hydrogen-bond donors (Lipinski definition) is 1. The molecule has 0 spiro atoms. The van der Waals surface area contributed by atoms with Crippen molar-refractivity contribution < 1.29 is 0 Å². The Kier molecular flexibility index (Phi) is 3.89. The van der Waals surface area contributed by atoms with Crippen LogP contribution in [0, 0.1) is 0 Å². The molecule has 15 heavy (non-hydrogen) atoms. The van der Waals surface area contributed by atoms with Crippen molar-refractivity contribution in [2.45, 2.75) is 42.0 Å². The van der Waals surface area contributed by atoms with Gasteiger partial charge in [-0.2, -0.15) is 0 Å². The summed E-state index contributed by atoms with van der Waals surface area (Å²) in [6.07, 6.45) is 6.60. The first-order valence-electron chi connectivity index (χ1n) is 5.29. The van der Waals surface area contributed by atoms with Gasteiger partial charge < -0.3 is 5.73 Å². The molecular formula is C11H15ClN2S. The lowest BCUT2D eigenvalue weighted by Crippen LogP contribution is -2.35. The van der Waals surface area contributed by atoms with Gasteiger partial charge in [0.25, 0.3) is 0 Å². The minimum atomic E-state index is 0.321. The number of pyridine rings is 1. The third kappa shape index (κ3) is 3.10. The first kappa shape index (κ1) is 11.2. The lowest BCUT2D eigenvalue weighted by Gasteiger charge is -2.27. The molecule has 1 heterocycles. The van der Waals surface area contributed by atoms with E-state index < -0.39 is 0 Å². The van der Waals surface area contributed by atoms with Crippen LogP contribution in [0.2, 0.25) is 5.02 Å². The van der Waals surface area contributed by atoms with Gasteiger partial charge >= 0.3 is 0 Å². The van der Waals surface area contributed by atoms with Gasteiger partial charge in [0.2, 0.25) is 0 Å². The van der Waals surface area contributed by atoms with E-state index in [0.29, 0.717) is 16.3 Å². The Morgan fingerprint density at radius 2 is 2.13 bits per heavy atom. The molecule has 1 fully saturated rings. The van der Waals surface area contributed by atoms with Crippen molar-refractivity contribution in [2.75, 3.05) is 0 Å². The average Bonchev–Trinajstić information content (AvgIpc) is 2.25. The van der Waals surface area contributed by atoms with Crippen LogP contribution in [0.4, 0.5) is 0 Å². The summed E-state index contributed by atoms with van der Waals surface area (Å²) in [7, 11) is 0. The Morgan fingerprint density at radius 3 is 2.80 bits per heavy atom. The summed E-state index contributed by atoms with van der Waals surface area (Å²) >= 11 is 7.57. The van der Waals surface area contributed by atoms with Crippen LogP contribution in [-0.2, 0) is 0 Å². The summed E-state index contributed by atoms with van der Waals surface area (Å²) in [5.41, 5.74) is 6.08. The van der Waals surface area contributed by atoms with Gasteiger partial charge in [-0.3, -0.25) is 0 Å². The van der Waals surface area contributed by atoms with E-state index in [1.54, 1.807) is 18.0 Å². The van der Waals surface area contributed by atoms with Crippen LogP contribution in [0.5, 0.6) is 0 Å². The van der Waals surface area contributed by atoms with Crippen molar-refractivity contribution in [3.05, 3.63) is 23.4 Å². The summed E-state index contributed by atoms with van der Waals surface area (Å²) in [5, 5.41) is 2.24. The van der Waals surface area contributed by atoms with Crippen LogP contribution in [0.25, 0.3) is 0 Å². The molecular weight excluding hydrogens is 228 g/mol. The fourth-order valence-electron chi connectivity index (χ4n) is 1.86. The summed E-state index contributed by atoms with van der Waals surface area (Å²) in [5.74, 6) is 0. The second-order valence-electron chi connectivity index (χ2n) is 3.92. The van der Waals surface area contributed by atoms with Gasteiger partial charge in [0.1, 0.15) is 0 Å². The maximum Gasteiger partial charge on any atom is 0.0964 e. The topological polar surface area (TPSA) is 38.9 Å². The van der Waals surface area contributed by atoms with Crippen LogP contribution < -0.4 is 5.73 Å². The van der Waals surface area contributed by atoms with E-state index in [1.807, 2.05) is 12.1 Å². The van der Waals surface area contributed by atoms with E-state index in [-0.39, 0.29) is 0 Å². The van der Waals surface area contributed by atoms with E-state index >= 15 is 0 Å². The molecule has 4 heteroatoms. The van der Waals surface area contributed by atoms with Crippen LogP contribution in [-0.4, -0.2) is 16.3 Å². The van der Waals surface area contributed by atoms with E-state index in [4.69, 9.17) is 17.3 Å². The van der Waals surface area contributed by atoms with Crippen molar-refractivity contribution in [3.8, 4) is 0 Å². The molecule has 1 aliphatic rings. The standard InChI is InChI=1S/C11H15ClN2S/c12-8-5-6-11(14-7-8)15-10-4-2-1-3-9(10)13/h5-7,9-10H,1-4,13H2. The number of hydrogen-bond acceptors (Lipinski definition) is 3. The molecule has 2 rings (SSSR count). The molecule has 0 aliphatic heterocycles. The highest BCUT2D eigenvalue weighted by atomic mass is 35.5. The molecule has 0 radical (unpaired) electrons. The average molecular weight is 243 g/mol. The molecule has 1 saturated carbocycles. The minimum absolute atomic E-state index is 0.321. The summed E-state index contributed by atoms with van der Waals surface area (Å²) in [6, 6.07) is 4.17. The minimum Gasteiger partial charge on any atom is -0.327 e. The van der Waals surface area contributed by atoms with Gasteiger partial charge in [0.05, 0.1) is 10.0 Å². The van der Waals surface area contributed by atoms with Gasteiger partial charge in [-0.1, -0.05) is 24.4 Å². The summed E-state index contributed by atoms with van der Waals surface area (Å²) < 4.78 is 0. The van der Waals surface area contributed by atoms with Gasteiger partial charge in [-0.05, 0) is 25.0 Å². The summed E-state index contributed by atoms with van der Waals surface area (Å²) in [6.45, 7) is 0. The lowest BCUT2D eigenvalue weighted by atomic mass is 9.96.